The van der Waals surface area contributed by atoms with Gasteiger partial charge >= 0.3 is 5.97 Å². The van der Waals surface area contributed by atoms with E-state index in [9.17, 15) is 14.4 Å². The Kier molecular flexibility index (Phi) is 9.56. The third kappa shape index (κ3) is 7.61. The molecule has 1 aromatic rings. The second-order valence-corrected chi connectivity index (χ2v) is 4.30. The third-order valence-corrected chi connectivity index (χ3v) is 2.71. The molecular weight excluding hydrogens is 310 g/mol. The lowest BCUT2D eigenvalue weighted by atomic mass is 10.1. The number of carbonyl (C=O) groups is 3. The Balaban J connectivity index is 0.00000441. The van der Waals surface area contributed by atoms with Crippen LogP contribution in [0.5, 0.6) is 0 Å². The molecule has 4 N–H and O–H groups in total. The summed E-state index contributed by atoms with van der Waals surface area (Å²) in [5.74, 6) is -0.981. The van der Waals surface area contributed by atoms with Gasteiger partial charge in [0.2, 0.25) is 11.8 Å². The molecule has 1 aromatic carbocycles. The second-order valence-electron chi connectivity index (χ2n) is 4.30. The van der Waals surface area contributed by atoms with Crippen LogP contribution in [0.1, 0.15) is 12.0 Å². The molecule has 2 amide bonds. The zero-order valence-electron chi connectivity index (χ0n) is 12.3. The number of hydrogen-bond donors (Lipinski definition) is 3. The number of nitrogens with one attached hydrogen (secondary N) is 2. The van der Waals surface area contributed by atoms with Crippen LogP contribution in [0.4, 0.5) is 5.69 Å². The fourth-order valence-corrected chi connectivity index (χ4v) is 1.56. The topological polar surface area (TPSA) is 111 Å². The van der Waals surface area contributed by atoms with E-state index in [4.69, 9.17) is 5.73 Å². The molecule has 0 fully saturated rings. The highest BCUT2D eigenvalue weighted by Gasteiger charge is 2.05. The predicted molar refractivity (Wildman–Crippen MR) is 84.7 cm³/mol. The molecule has 0 aromatic heterocycles. The van der Waals surface area contributed by atoms with Crippen LogP contribution in [-0.4, -0.2) is 38.0 Å². The number of benzene rings is 1. The summed E-state index contributed by atoms with van der Waals surface area (Å²) in [6.07, 6.45) is 0.890. The number of ether oxygens (including phenoxy) is 1. The van der Waals surface area contributed by atoms with Crippen LogP contribution in [0.15, 0.2) is 24.3 Å². The van der Waals surface area contributed by atoms with Gasteiger partial charge in [0.15, 0.2) is 0 Å². The van der Waals surface area contributed by atoms with Crippen molar-refractivity contribution in [3.8, 4) is 0 Å². The highest BCUT2D eigenvalue weighted by molar-refractivity contribution is 5.94. The maximum Gasteiger partial charge on any atom is 0.305 e. The second kappa shape index (κ2) is 10.6. The van der Waals surface area contributed by atoms with E-state index in [0.717, 1.165) is 5.56 Å². The molecule has 0 heterocycles. The van der Waals surface area contributed by atoms with Crippen molar-refractivity contribution in [3.63, 3.8) is 0 Å². The third-order valence-electron chi connectivity index (χ3n) is 2.71. The molecule has 22 heavy (non-hydrogen) atoms. The van der Waals surface area contributed by atoms with Crippen molar-refractivity contribution in [1.29, 1.82) is 0 Å². The van der Waals surface area contributed by atoms with Crippen LogP contribution in [0.2, 0.25) is 0 Å². The SMILES string of the molecule is COC(=O)CCc1ccc(NC(=O)CNC(=O)CN)cc1.Cl. The number of nitrogens with two attached hydrogens (primary N) is 1. The number of halogens is 1. The maximum atomic E-state index is 11.5. The van der Waals surface area contributed by atoms with E-state index < -0.39 is 0 Å². The van der Waals surface area contributed by atoms with Crippen molar-refractivity contribution < 1.29 is 19.1 Å². The number of rotatable bonds is 7. The number of esters is 1. The van der Waals surface area contributed by atoms with Crippen LogP contribution >= 0.6 is 12.4 Å². The van der Waals surface area contributed by atoms with Crippen molar-refractivity contribution in [2.24, 2.45) is 5.73 Å². The number of amides is 2. The molecule has 8 heteroatoms. The summed E-state index contributed by atoms with van der Waals surface area (Å²) in [6, 6.07) is 7.10. The summed E-state index contributed by atoms with van der Waals surface area (Å²) < 4.78 is 4.56. The van der Waals surface area contributed by atoms with Gasteiger partial charge in [-0.05, 0) is 24.1 Å². The van der Waals surface area contributed by atoms with Crippen LogP contribution in [0, 0.1) is 0 Å². The number of hydrogen-bond acceptors (Lipinski definition) is 5. The van der Waals surface area contributed by atoms with Gasteiger partial charge in [-0.25, -0.2) is 0 Å². The Bertz CT molecular complexity index is 505. The highest BCUT2D eigenvalue weighted by atomic mass is 35.5. The van der Waals surface area contributed by atoms with Crippen LogP contribution in [0.3, 0.4) is 0 Å². The van der Waals surface area contributed by atoms with Crippen LogP contribution in [-0.2, 0) is 25.5 Å². The molecular formula is C14H20ClN3O4. The largest absolute Gasteiger partial charge is 0.469 e. The predicted octanol–water partition coefficient (Wildman–Crippen LogP) is 0.227. The lowest BCUT2D eigenvalue weighted by Gasteiger charge is -2.07. The summed E-state index contributed by atoms with van der Waals surface area (Å²) in [6.45, 7) is -0.275. The zero-order chi connectivity index (χ0) is 15.7. The van der Waals surface area contributed by atoms with E-state index in [1.54, 1.807) is 12.1 Å². The van der Waals surface area contributed by atoms with E-state index in [0.29, 0.717) is 18.5 Å². The molecule has 0 saturated heterocycles. The minimum atomic E-state index is -0.386. The minimum absolute atomic E-state index is 0. The van der Waals surface area contributed by atoms with E-state index in [1.165, 1.54) is 7.11 Å². The number of methoxy groups -OCH3 is 1. The van der Waals surface area contributed by atoms with Crippen molar-refractivity contribution in [2.45, 2.75) is 12.8 Å². The molecule has 0 spiro atoms. The normalized spacial score (nSPS) is 9.36. The molecule has 0 bridgehead atoms. The van der Waals surface area contributed by atoms with E-state index >= 15 is 0 Å². The van der Waals surface area contributed by atoms with Gasteiger partial charge in [0, 0.05) is 12.1 Å². The Morgan fingerprint density at radius 3 is 2.32 bits per heavy atom. The maximum absolute atomic E-state index is 11.5. The van der Waals surface area contributed by atoms with Gasteiger partial charge in [-0.2, -0.15) is 0 Å². The van der Waals surface area contributed by atoms with Gasteiger partial charge in [-0.1, -0.05) is 12.1 Å². The first kappa shape index (κ1) is 19.9. The molecule has 0 aliphatic heterocycles. The number of anilines is 1. The fourth-order valence-electron chi connectivity index (χ4n) is 1.56. The van der Waals surface area contributed by atoms with Gasteiger partial charge in [0.25, 0.3) is 0 Å². The number of aryl methyl sites for hydroxylation is 1. The molecule has 0 aliphatic carbocycles. The Labute approximate surface area is 135 Å². The molecule has 0 radical (unpaired) electrons. The van der Waals surface area contributed by atoms with Gasteiger partial charge in [-0.3, -0.25) is 14.4 Å². The minimum Gasteiger partial charge on any atom is -0.469 e. The van der Waals surface area contributed by atoms with Gasteiger partial charge in [0.1, 0.15) is 0 Å². The van der Waals surface area contributed by atoms with Gasteiger partial charge in [-0.15, -0.1) is 12.4 Å². The Morgan fingerprint density at radius 2 is 1.77 bits per heavy atom. The molecule has 0 unspecified atom stereocenters. The van der Waals surface area contributed by atoms with Gasteiger partial charge in [0.05, 0.1) is 20.2 Å². The van der Waals surface area contributed by atoms with E-state index in [2.05, 4.69) is 15.4 Å². The quantitative estimate of drug-likeness (QED) is 0.620. The fraction of sp³-hybridized carbons (Fsp3) is 0.357. The van der Waals surface area contributed by atoms with E-state index in [-0.39, 0.29) is 43.3 Å². The summed E-state index contributed by atoms with van der Waals surface area (Å²) >= 11 is 0. The molecule has 7 nitrogen and oxygen atoms in total. The Hall–Kier alpha value is -2.12. The molecule has 0 saturated carbocycles. The monoisotopic (exact) mass is 329 g/mol. The highest BCUT2D eigenvalue weighted by Crippen LogP contribution is 2.11. The summed E-state index contributed by atoms with van der Waals surface area (Å²) in [7, 11) is 1.35. The summed E-state index contributed by atoms with van der Waals surface area (Å²) in [5.41, 5.74) is 6.69. The molecule has 1 rings (SSSR count). The first-order valence-corrected chi connectivity index (χ1v) is 6.47. The lowest BCUT2D eigenvalue weighted by Crippen LogP contribution is -2.36. The first-order chi connectivity index (χ1) is 10.0. The average Bonchev–Trinajstić information content (AvgIpc) is 2.51. The van der Waals surface area contributed by atoms with Crippen molar-refractivity contribution >= 4 is 35.9 Å². The van der Waals surface area contributed by atoms with Crippen LogP contribution < -0.4 is 16.4 Å². The van der Waals surface area contributed by atoms with Crippen LogP contribution in [0.25, 0.3) is 0 Å². The molecule has 0 atom stereocenters. The summed E-state index contributed by atoms with van der Waals surface area (Å²) in [4.78, 5) is 33.5. The molecule has 0 aliphatic rings. The smallest absolute Gasteiger partial charge is 0.305 e. The van der Waals surface area contributed by atoms with Crippen molar-refractivity contribution in [3.05, 3.63) is 29.8 Å². The zero-order valence-corrected chi connectivity index (χ0v) is 13.1. The van der Waals surface area contributed by atoms with E-state index in [1.807, 2.05) is 12.1 Å². The first-order valence-electron chi connectivity index (χ1n) is 6.47. The molecule has 122 valence electrons. The van der Waals surface area contributed by atoms with Crippen molar-refractivity contribution in [1.82, 2.24) is 5.32 Å². The van der Waals surface area contributed by atoms with Gasteiger partial charge < -0.3 is 21.1 Å². The average molecular weight is 330 g/mol. The lowest BCUT2D eigenvalue weighted by molar-refractivity contribution is -0.140. The summed E-state index contributed by atoms with van der Waals surface area (Å²) in [5, 5.41) is 5.01. The van der Waals surface area contributed by atoms with Crippen molar-refractivity contribution in [2.75, 3.05) is 25.5 Å². The number of carbonyl (C=O) groups excluding carboxylic acids is 3. The Morgan fingerprint density at radius 1 is 1.14 bits per heavy atom. The standard InChI is InChI=1S/C14H19N3O4.ClH/c1-21-14(20)7-4-10-2-5-11(6-3-10)17-13(19)9-16-12(18)8-15;/h2-3,5-6H,4,7-9,15H2,1H3,(H,16,18)(H,17,19);1H.